The zero-order valence-electron chi connectivity index (χ0n) is 12.1. The van der Waals surface area contributed by atoms with Gasteiger partial charge in [0.25, 0.3) is 0 Å². The average Bonchev–Trinajstić information content (AvgIpc) is 2.48. The van der Waals surface area contributed by atoms with E-state index in [9.17, 15) is 14.0 Å². The van der Waals surface area contributed by atoms with Gasteiger partial charge in [0.15, 0.2) is 0 Å². The highest BCUT2D eigenvalue weighted by molar-refractivity contribution is 5.95. The number of benzene rings is 1. The Balaban J connectivity index is 2.54. The summed E-state index contributed by atoms with van der Waals surface area (Å²) in [5.41, 5.74) is 1.93. The monoisotopic (exact) mass is 292 g/mol. The van der Waals surface area contributed by atoms with Gasteiger partial charge in [0.2, 0.25) is 0 Å². The molecule has 2 N–H and O–H groups in total. The maximum atomic E-state index is 13.4. The van der Waals surface area contributed by atoms with Crippen molar-refractivity contribution in [1.82, 2.24) is 10.6 Å². The first kappa shape index (κ1) is 15.0. The first-order chi connectivity index (χ1) is 9.97. The second kappa shape index (κ2) is 5.95. The van der Waals surface area contributed by atoms with Crippen molar-refractivity contribution in [2.75, 3.05) is 7.11 Å². The molecule has 21 heavy (non-hydrogen) atoms. The Labute approximate surface area is 122 Å². The van der Waals surface area contributed by atoms with Crippen LogP contribution >= 0.6 is 0 Å². The number of aryl methyl sites for hydroxylation is 1. The lowest BCUT2D eigenvalue weighted by Gasteiger charge is -2.29. The molecule has 0 fully saturated rings. The summed E-state index contributed by atoms with van der Waals surface area (Å²) in [5.74, 6) is -0.857. The quantitative estimate of drug-likeness (QED) is 0.840. The van der Waals surface area contributed by atoms with Crippen molar-refractivity contribution < 1.29 is 18.7 Å². The number of nitrogens with one attached hydrogen (secondary N) is 2. The van der Waals surface area contributed by atoms with Crippen LogP contribution in [0.1, 0.15) is 30.5 Å². The molecule has 2 amide bonds. The van der Waals surface area contributed by atoms with Gasteiger partial charge in [-0.1, -0.05) is 19.1 Å². The molecule has 0 aromatic heterocycles. The van der Waals surface area contributed by atoms with E-state index in [0.717, 1.165) is 0 Å². The van der Waals surface area contributed by atoms with Crippen LogP contribution in [0.25, 0.3) is 0 Å². The lowest BCUT2D eigenvalue weighted by molar-refractivity contribution is -0.136. The summed E-state index contributed by atoms with van der Waals surface area (Å²) in [5, 5.41) is 5.29. The average molecular weight is 292 g/mol. The van der Waals surface area contributed by atoms with E-state index in [1.165, 1.54) is 13.2 Å². The Bertz CT molecular complexity index is 625. The lowest BCUT2D eigenvalue weighted by Crippen LogP contribution is -2.45. The number of hydrogen-bond acceptors (Lipinski definition) is 3. The Hall–Kier alpha value is -2.37. The van der Waals surface area contributed by atoms with Gasteiger partial charge in [-0.15, -0.1) is 0 Å². The van der Waals surface area contributed by atoms with Gasteiger partial charge in [-0.25, -0.2) is 14.0 Å². The summed E-state index contributed by atoms with van der Waals surface area (Å²) in [7, 11) is 1.28. The topological polar surface area (TPSA) is 67.4 Å². The van der Waals surface area contributed by atoms with Gasteiger partial charge in [0.05, 0.1) is 18.7 Å². The molecule has 0 radical (unpaired) electrons. The highest BCUT2D eigenvalue weighted by atomic mass is 19.1. The highest BCUT2D eigenvalue weighted by Crippen LogP contribution is 2.29. The van der Waals surface area contributed by atoms with Gasteiger partial charge in [-0.2, -0.15) is 0 Å². The first-order valence-corrected chi connectivity index (χ1v) is 6.62. The summed E-state index contributed by atoms with van der Waals surface area (Å²) >= 11 is 0. The zero-order chi connectivity index (χ0) is 15.6. The predicted octanol–water partition coefficient (Wildman–Crippen LogP) is 2.33. The maximum Gasteiger partial charge on any atom is 0.337 e. The van der Waals surface area contributed by atoms with Crippen molar-refractivity contribution in [2.45, 2.75) is 26.3 Å². The standard InChI is InChI=1S/C15H17FN2O3/c1-4-11-12(14(19)21-3)13(18-15(20)17-11)9-5-6-10(16)8(2)7-9/h5-7,13H,4H2,1-3H3,(H2,17,18,20). The second-order valence-electron chi connectivity index (χ2n) is 4.78. The van der Waals surface area contributed by atoms with Crippen LogP contribution in [0.5, 0.6) is 0 Å². The molecule has 1 aromatic rings. The van der Waals surface area contributed by atoms with Gasteiger partial charge >= 0.3 is 12.0 Å². The van der Waals surface area contributed by atoms with Crippen molar-refractivity contribution in [3.05, 3.63) is 46.4 Å². The fourth-order valence-corrected chi connectivity index (χ4v) is 2.35. The Morgan fingerprint density at radius 1 is 1.43 bits per heavy atom. The third-order valence-corrected chi connectivity index (χ3v) is 3.43. The number of amides is 2. The van der Waals surface area contributed by atoms with E-state index in [-0.39, 0.29) is 5.82 Å². The molecule has 1 unspecified atom stereocenters. The lowest BCUT2D eigenvalue weighted by atomic mass is 9.93. The summed E-state index contributed by atoms with van der Waals surface area (Å²) in [6, 6.07) is 3.43. The van der Waals surface area contributed by atoms with Crippen LogP contribution in [-0.4, -0.2) is 19.1 Å². The van der Waals surface area contributed by atoms with Crippen LogP contribution in [0.3, 0.4) is 0 Å². The summed E-state index contributed by atoms with van der Waals surface area (Å²) < 4.78 is 18.2. The fraction of sp³-hybridized carbons (Fsp3) is 0.333. The van der Waals surface area contributed by atoms with Crippen LogP contribution in [0.15, 0.2) is 29.5 Å². The fourth-order valence-electron chi connectivity index (χ4n) is 2.35. The summed E-state index contributed by atoms with van der Waals surface area (Å²) in [6.45, 7) is 3.46. The number of esters is 1. The molecule has 1 atom stereocenters. The number of ether oxygens (including phenoxy) is 1. The molecule has 6 heteroatoms. The van der Waals surface area contributed by atoms with E-state index in [0.29, 0.717) is 28.8 Å². The molecule has 0 saturated carbocycles. The SMILES string of the molecule is CCC1=C(C(=O)OC)C(c2ccc(F)c(C)c2)NC(=O)N1. The van der Waals surface area contributed by atoms with Crippen molar-refractivity contribution in [2.24, 2.45) is 0 Å². The summed E-state index contributed by atoms with van der Waals surface area (Å²) in [6.07, 6.45) is 0.481. The van der Waals surface area contributed by atoms with Gasteiger partial charge in [0.1, 0.15) is 5.82 Å². The van der Waals surface area contributed by atoms with Gasteiger partial charge < -0.3 is 15.4 Å². The minimum atomic E-state index is -0.652. The molecule has 1 aliphatic heterocycles. The number of carbonyl (C=O) groups is 2. The molecule has 0 saturated heterocycles. The third-order valence-electron chi connectivity index (χ3n) is 3.43. The summed E-state index contributed by atoms with van der Waals surface area (Å²) in [4.78, 5) is 23.8. The van der Waals surface area contributed by atoms with Crippen LogP contribution in [0.2, 0.25) is 0 Å². The Morgan fingerprint density at radius 2 is 2.14 bits per heavy atom. The molecule has 1 aromatic carbocycles. The number of carbonyl (C=O) groups excluding carboxylic acids is 2. The number of allylic oxidation sites excluding steroid dienone is 1. The predicted molar refractivity (Wildman–Crippen MR) is 74.9 cm³/mol. The molecule has 112 valence electrons. The van der Waals surface area contributed by atoms with E-state index in [1.54, 1.807) is 19.1 Å². The van der Waals surface area contributed by atoms with E-state index in [1.807, 2.05) is 6.92 Å². The van der Waals surface area contributed by atoms with Crippen molar-refractivity contribution >= 4 is 12.0 Å². The molecular formula is C15H17FN2O3. The molecule has 0 aliphatic carbocycles. The first-order valence-electron chi connectivity index (χ1n) is 6.62. The molecule has 1 heterocycles. The largest absolute Gasteiger partial charge is 0.466 e. The smallest absolute Gasteiger partial charge is 0.337 e. The van der Waals surface area contributed by atoms with Gasteiger partial charge in [-0.05, 0) is 30.5 Å². The molecule has 0 spiro atoms. The van der Waals surface area contributed by atoms with Crippen LogP contribution in [0.4, 0.5) is 9.18 Å². The minimum absolute atomic E-state index is 0.335. The van der Waals surface area contributed by atoms with Crippen molar-refractivity contribution in [3.8, 4) is 0 Å². The molecule has 1 aliphatic rings. The number of halogens is 1. The molecule has 0 bridgehead atoms. The Morgan fingerprint density at radius 3 is 2.71 bits per heavy atom. The maximum absolute atomic E-state index is 13.4. The molecule has 2 rings (SSSR count). The zero-order valence-corrected chi connectivity index (χ0v) is 12.1. The van der Waals surface area contributed by atoms with E-state index in [4.69, 9.17) is 4.74 Å². The van der Waals surface area contributed by atoms with E-state index in [2.05, 4.69) is 10.6 Å². The third kappa shape index (κ3) is 2.89. The minimum Gasteiger partial charge on any atom is -0.466 e. The number of hydrogen-bond donors (Lipinski definition) is 2. The molecule has 5 nitrogen and oxygen atoms in total. The number of methoxy groups -OCH3 is 1. The Kier molecular flexibility index (Phi) is 4.26. The molecular weight excluding hydrogens is 275 g/mol. The van der Waals surface area contributed by atoms with Crippen molar-refractivity contribution in [1.29, 1.82) is 0 Å². The highest BCUT2D eigenvalue weighted by Gasteiger charge is 2.32. The van der Waals surface area contributed by atoms with E-state index < -0.39 is 18.0 Å². The van der Waals surface area contributed by atoms with Gasteiger partial charge in [0, 0.05) is 5.70 Å². The van der Waals surface area contributed by atoms with Crippen LogP contribution in [-0.2, 0) is 9.53 Å². The number of rotatable bonds is 3. The number of urea groups is 1. The van der Waals surface area contributed by atoms with E-state index >= 15 is 0 Å². The van der Waals surface area contributed by atoms with Gasteiger partial charge in [-0.3, -0.25) is 0 Å². The normalized spacial score (nSPS) is 18.1. The van der Waals surface area contributed by atoms with Crippen LogP contribution in [0, 0.1) is 12.7 Å². The second-order valence-corrected chi connectivity index (χ2v) is 4.78. The van der Waals surface area contributed by atoms with Crippen LogP contribution < -0.4 is 10.6 Å². The van der Waals surface area contributed by atoms with Crippen molar-refractivity contribution in [3.63, 3.8) is 0 Å².